The summed E-state index contributed by atoms with van der Waals surface area (Å²) in [5.74, 6) is -2.79. The molecule has 1 aliphatic rings. The molecule has 0 spiro atoms. The largest absolute Gasteiger partial charge is 0.463 e. The van der Waals surface area contributed by atoms with Gasteiger partial charge in [0, 0.05) is 5.56 Å². The van der Waals surface area contributed by atoms with E-state index in [0.717, 1.165) is 6.07 Å². The minimum absolute atomic E-state index is 0.00273. The molecule has 1 heterocycles. The molecule has 0 aliphatic carbocycles. The van der Waals surface area contributed by atoms with E-state index in [1.54, 1.807) is 6.92 Å². The molecule has 0 saturated heterocycles. The number of carbonyl (C=O) groups excluding carboxylic acids is 1. The molecular formula is C17H14FN3O3. The summed E-state index contributed by atoms with van der Waals surface area (Å²) in [5.41, 5.74) is 5.42. The molecule has 122 valence electrons. The minimum atomic E-state index is -1.17. The quantitative estimate of drug-likeness (QED) is 0.853. The van der Waals surface area contributed by atoms with Gasteiger partial charge in [-0.05, 0) is 26.0 Å². The van der Waals surface area contributed by atoms with E-state index in [1.807, 2.05) is 12.1 Å². The summed E-state index contributed by atoms with van der Waals surface area (Å²) in [7, 11) is 0. The Hall–Kier alpha value is -3.32. The number of nitrogens with two attached hydrogens (primary N) is 1. The van der Waals surface area contributed by atoms with Crippen LogP contribution in [0.15, 0.2) is 41.0 Å². The third-order valence-electron chi connectivity index (χ3n) is 3.56. The van der Waals surface area contributed by atoms with Crippen molar-refractivity contribution in [2.45, 2.75) is 19.8 Å². The maximum Gasteiger partial charge on any atom is 0.338 e. The molecule has 24 heavy (non-hydrogen) atoms. The summed E-state index contributed by atoms with van der Waals surface area (Å²) in [6.07, 6.45) is 0. The van der Waals surface area contributed by atoms with E-state index in [-0.39, 0.29) is 40.5 Å². The molecular weight excluding hydrogens is 313 g/mol. The summed E-state index contributed by atoms with van der Waals surface area (Å²) < 4.78 is 24.7. The number of nitriles is 2. The van der Waals surface area contributed by atoms with Crippen LogP contribution in [0.4, 0.5) is 4.39 Å². The Labute approximate surface area is 138 Å². The molecule has 1 aromatic rings. The standard InChI is InChI=1S/C17H14FN3O3/c1-3-23-17(22)13-9(2)24-16(21)11(8-20)15(13)14-10(7-19)5-4-6-12(14)18/h4-6,15H,3,21H2,1-2H3. The molecule has 0 aromatic heterocycles. The Morgan fingerprint density at radius 2 is 2.12 bits per heavy atom. The normalized spacial score (nSPS) is 17.0. The van der Waals surface area contributed by atoms with Crippen molar-refractivity contribution in [2.24, 2.45) is 5.73 Å². The monoisotopic (exact) mass is 327 g/mol. The van der Waals surface area contributed by atoms with E-state index in [1.165, 1.54) is 19.1 Å². The number of hydrogen-bond donors (Lipinski definition) is 1. The van der Waals surface area contributed by atoms with Gasteiger partial charge in [-0.25, -0.2) is 9.18 Å². The second-order valence-electron chi connectivity index (χ2n) is 4.93. The first-order valence-corrected chi connectivity index (χ1v) is 7.10. The van der Waals surface area contributed by atoms with Crippen LogP contribution in [0.25, 0.3) is 0 Å². The molecule has 6 nitrogen and oxygen atoms in total. The lowest BCUT2D eigenvalue weighted by molar-refractivity contribution is -0.139. The molecule has 0 saturated carbocycles. The number of halogens is 1. The maximum absolute atomic E-state index is 14.5. The van der Waals surface area contributed by atoms with E-state index < -0.39 is 17.7 Å². The Balaban J connectivity index is 2.78. The van der Waals surface area contributed by atoms with Crippen LogP contribution in [0.3, 0.4) is 0 Å². The molecule has 0 fully saturated rings. The molecule has 0 bridgehead atoms. The molecule has 1 aromatic carbocycles. The summed E-state index contributed by atoms with van der Waals surface area (Å²) >= 11 is 0. The van der Waals surface area contributed by atoms with Crippen LogP contribution in [0.2, 0.25) is 0 Å². The van der Waals surface area contributed by atoms with Gasteiger partial charge in [0.15, 0.2) is 0 Å². The number of esters is 1. The van der Waals surface area contributed by atoms with Crippen LogP contribution in [0.5, 0.6) is 0 Å². The number of benzene rings is 1. The first-order valence-electron chi connectivity index (χ1n) is 7.10. The lowest BCUT2D eigenvalue weighted by Crippen LogP contribution is -2.26. The first-order chi connectivity index (χ1) is 11.5. The van der Waals surface area contributed by atoms with Crippen molar-refractivity contribution in [3.8, 4) is 12.1 Å². The summed E-state index contributed by atoms with van der Waals surface area (Å²) in [6, 6.07) is 7.63. The fourth-order valence-corrected chi connectivity index (χ4v) is 2.57. The van der Waals surface area contributed by atoms with Gasteiger partial charge >= 0.3 is 5.97 Å². The van der Waals surface area contributed by atoms with Gasteiger partial charge in [-0.1, -0.05) is 6.07 Å². The molecule has 1 unspecified atom stereocenters. The lowest BCUT2D eigenvalue weighted by Gasteiger charge is -2.27. The average molecular weight is 327 g/mol. The smallest absolute Gasteiger partial charge is 0.338 e. The Kier molecular flexibility index (Phi) is 4.86. The van der Waals surface area contributed by atoms with Crippen LogP contribution >= 0.6 is 0 Å². The number of hydrogen-bond acceptors (Lipinski definition) is 6. The number of allylic oxidation sites excluding steroid dienone is 2. The zero-order chi connectivity index (χ0) is 17.9. The Morgan fingerprint density at radius 1 is 1.42 bits per heavy atom. The van der Waals surface area contributed by atoms with Gasteiger partial charge in [-0.15, -0.1) is 0 Å². The molecule has 1 aliphatic heterocycles. The zero-order valence-corrected chi connectivity index (χ0v) is 13.1. The molecule has 1 atom stereocenters. The molecule has 0 radical (unpaired) electrons. The van der Waals surface area contributed by atoms with E-state index in [4.69, 9.17) is 15.2 Å². The molecule has 0 amide bonds. The van der Waals surface area contributed by atoms with Crippen molar-refractivity contribution in [2.75, 3.05) is 6.61 Å². The highest BCUT2D eigenvalue weighted by Gasteiger charge is 2.38. The van der Waals surface area contributed by atoms with Crippen molar-refractivity contribution in [3.63, 3.8) is 0 Å². The van der Waals surface area contributed by atoms with Crippen LogP contribution in [0.1, 0.15) is 30.9 Å². The fraction of sp³-hybridized carbons (Fsp3) is 0.235. The number of ether oxygens (including phenoxy) is 2. The van der Waals surface area contributed by atoms with Gasteiger partial charge in [-0.3, -0.25) is 0 Å². The Morgan fingerprint density at radius 3 is 2.71 bits per heavy atom. The number of carbonyl (C=O) groups is 1. The molecule has 2 N–H and O–H groups in total. The van der Waals surface area contributed by atoms with Crippen LogP contribution in [0, 0.1) is 28.5 Å². The summed E-state index contributed by atoms with van der Waals surface area (Å²) in [6.45, 7) is 3.17. The third-order valence-corrected chi connectivity index (χ3v) is 3.56. The van der Waals surface area contributed by atoms with Gasteiger partial charge in [0.25, 0.3) is 0 Å². The van der Waals surface area contributed by atoms with Crippen molar-refractivity contribution in [3.05, 3.63) is 57.9 Å². The van der Waals surface area contributed by atoms with Gasteiger partial charge in [0.1, 0.15) is 23.2 Å². The van der Waals surface area contributed by atoms with Gasteiger partial charge in [-0.2, -0.15) is 10.5 Å². The predicted octanol–water partition coefficient (Wildman–Crippen LogP) is 2.34. The van der Waals surface area contributed by atoms with Crippen molar-refractivity contribution in [1.29, 1.82) is 10.5 Å². The van der Waals surface area contributed by atoms with Crippen LogP contribution in [-0.4, -0.2) is 12.6 Å². The maximum atomic E-state index is 14.5. The SMILES string of the molecule is CCOC(=O)C1=C(C)OC(N)=C(C#N)C1c1c(F)cccc1C#N. The topological polar surface area (TPSA) is 109 Å². The van der Waals surface area contributed by atoms with Gasteiger partial charge in [0.05, 0.1) is 29.7 Å². The molecule has 7 heteroatoms. The van der Waals surface area contributed by atoms with E-state index in [9.17, 15) is 19.7 Å². The van der Waals surface area contributed by atoms with E-state index >= 15 is 0 Å². The molecule has 2 rings (SSSR count). The van der Waals surface area contributed by atoms with E-state index in [0.29, 0.717) is 0 Å². The van der Waals surface area contributed by atoms with Crippen molar-refractivity contribution < 1.29 is 18.7 Å². The van der Waals surface area contributed by atoms with Crippen LogP contribution < -0.4 is 5.73 Å². The Bertz CT molecular complexity index is 844. The van der Waals surface area contributed by atoms with Crippen molar-refractivity contribution >= 4 is 5.97 Å². The average Bonchev–Trinajstić information content (AvgIpc) is 2.54. The minimum Gasteiger partial charge on any atom is -0.463 e. The second-order valence-corrected chi connectivity index (χ2v) is 4.93. The summed E-state index contributed by atoms with van der Waals surface area (Å²) in [5, 5.41) is 18.7. The van der Waals surface area contributed by atoms with E-state index in [2.05, 4.69) is 0 Å². The first kappa shape index (κ1) is 17.0. The highest BCUT2D eigenvalue weighted by Crippen LogP contribution is 2.41. The summed E-state index contributed by atoms with van der Waals surface area (Å²) in [4.78, 5) is 12.3. The van der Waals surface area contributed by atoms with Crippen LogP contribution in [-0.2, 0) is 14.3 Å². The highest BCUT2D eigenvalue weighted by molar-refractivity contribution is 5.92. The number of nitrogens with zero attached hydrogens (tertiary/aromatic N) is 2. The fourth-order valence-electron chi connectivity index (χ4n) is 2.57. The third kappa shape index (κ3) is 2.80. The zero-order valence-electron chi connectivity index (χ0n) is 13.1. The lowest BCUT2D eigenvalue weighted by atomic mass is 9.81. The highest BCUT2D eigenvalue weighted by atomic mass is 19.1. The second kappa shape index (κ2) is 6.84. The number of rotatable bonds is 3. The van der Waals surface area contributed by atoms with Gasteiger partial charge in [0.2, 0.25) is 5.88 Å². The van der Waals surface area contributed by atoms with Crippen molar-refractivity contribution in [1.82, 2.24) is 0 Å². The van der Waals surface area contributed by atoms with Gasteiger partial charge < -0.3 is 15.2 Å². The predicted molar refractivity (Wildman–Crippen MR) is 81.1 cm³/mol.